The molecule has 18 heavy (non-hydrogen) atoms. The molecule has 2 fully saturated rings. The van der Waals surface area contributed by atoms with Gasteiger partial charge in [-0.15, -0.1) is 0 Å². The van der Waals surface area contributed by atoms with Crippen LogP contribution in [0.15, 0.2) is 0 Å². The van der Waals surface area contributed by atoms with Crippen LogP contribution >= 0.6 is 0 Å². The van der Waals surface area contributed by atoms with Gasteiger partial charge in [-0.05, 0) is 38.6 Å². The Morgan fingerprint density at radius 2 is 2.00 bits per heavy atom. The fourth-order valence-corrected chi connectivity index (χ4v) is 3.04. The van der Waals surface area contributed by atoms with E-state index in [1.165, 1.54) is 12.8 Å². The van der Waals surface area contributed by atoms with Gasteiger partial charge in [-0.2, -0.15) is 0 Å². The fourth-order valence-electron chi connectivity index (χ4n) is 3.04. The maximum Gasteiger partial charge on any atom is 0.237 e. The van der Waals surface area contributed by atoms with Gasteiger partial charge in [0.2, 0.25) is 5.91 Å². The quantitative estimate of drug-likeness (QED) is 0.792. The van der Waals surface area contributed by atoms with Crippen molar-refractivity contribution in [3.8, 4) is 0 Å². The van der Waals surface area contributed by atoms with Crippen LogP contribution in [0.2, 0.25) is 0 Å². The van der Waals surface area contributed by atoms with Crippen molar-refractivity contribution in [1.29, 1.82) is 0 Å². The summed E-state index contributed by atoms with van der Waals surface area (Å²) in [5.41, 5.74) is 6.10. The summed E-state index contributed by atoms with van der Waals surface area (Å²) in [5.74, 6) is 0.759. The number of hydrogen-bond donors (Lipinski definition) is 2. The zero-order valence-electron chi connectivity index (χ0n) is 11.7. The topological polar surface area (TPSA) is 58.4 Å². The number of nitrogens with zero attached hydrogens (tertiary/aromatic N) is 1. The van der Waals surface area contributed by atoms with E-state index in [-0.39, 0.29) is 18.0 Å². The maximum absolute atomic E-state index is 12.2. The van der Waals surface area contributed by atoms with Crippen molar-refractivity contribution in [3.63, 3.8) is 0 Å². The first-order chi connectivity index (χ1) is 8.58. The van der Waals surface area contributed by atoms with E-state index < -0.39 is 0 Å². The Kier molecular flexibility index (Phi) is 4.62. The molecule has 0 radical (unpaired) electrons. The summed E-state index contributed by atoms with van der Waals surface area (Å²) in [7, 11) is 0. The lowest BCUT2D eigenvalue weighted by atomic mass is 9.93. The third-order valence-electron chi connectivity index (χ3n) is 4.68. The SMILES string of the molecule is CC1CCN(C(C)C(=O)NC2CCCC2)CC1N. The summed E-state index contributed by atoms with van der Waals surface area (Å²) in [6.07, 6.45) is 5.91. The van der Waals surface area contributed by atoms with E-state index in [0.29, 0.717) is 12.0 Å². The highest BCUT2D eigenvalue weighted by Crippen LogP contribution is 2.20. The van der Waals surface area contributed by atoms with E-state index >= 15 is 0 Å². The number of nitrogens with two attached hydrogens (primary N) is 1. The fraction of sp³-hybridized carbons (Fsp3) is 0.929. The van der Waals surface area contributed by atoms with Crippen LogP contribution in [0.5, 0.6) is 0 Å². The van der Waals surface area contributed by atoms with Crippen molar-refractivity contribution in [2.75, 3.05) is 13.1 Å². The van der Waals surface area contributed by atoms with Crippen LogP contribution in [0, 0.1) is 5.92 Å². The molecular weight excluding hydrogens is 226 g/mol. The van der Waals surface area contributed by atoms with Crippen LogP contribution in [0.25, 0.3) is 0 Å². The summed E-state index contributed by atoms with van der Waals surface area (Å²) in [6, 6.07) is 0.585. The van der Waals surface area contributed by atoms with Gasteiger partial charge in [-0.1, -0.05) is 19.8 Å². The summed E-state index contributed by atoms with van der Waals surface area (Å²) in [5, 5.41) is 3.18. The van der Waals surface area contributed by atoms with Crippen molar-refractivity contribution in [2.24, 2.45) is 11.7 Å². The molecule has 0 spiro atoms. The molecule has 0 aromatic carbocycles. The first-order valence-electron chi connectivity index (χ1n) is 7.38. The maximum atomic E-state index is 12.2. The second-order valence-electron chi connectivity index (χ2n) is 6.09. The molecule has 104 valence electrons. The van der Waals surface area contributed by atoms with E-state index in [4.69, 9.17) is 5.73 Å². The second kappa shape index (κ2) is 6.02. The standard InChI is InChI=1S/C14H27N3O/c1-10-7-8-17(9-13(10)15)11(2)14(18)16-12-5-3-4-6-12/h10-13H,3-9,15H2,1-2H3,(H,16,18). The molecule has 1 amide bonds. The number of hydrogen-bond acceptors (Lipinski definition) is 3. The largest absolute Gasteiger partial charge is 0.352 e. The first-order valence-corrected chi connectivity index (χ1v) is 7.38. The summed E-state index contributed by atoms with van der Waals surface area (Å²) in [6.45, 7) is 6.05. The van der Waals surface area contributed by atoms with E-state index in [2.05, 4.69) is 17.1 Å². The molecule has 1 saturated heterocycles. The molecule has 1 aliphatic carbocycles. The number of carbonyl (C=O) groups excluding carboxylic acids is 1. The average molecular weight is 253 g/mol. The van der Waals surface area contributed by atoms with Crippen LogP contribution in [-0.4, -0.2) is 42.0 Å². The summed E-state index contributed by atoms with van der Waals surface area (Å²) >= 11 is 0. The molecule has 1 aliphatic heterocycles. The van der Waals surface area contributed by atoms with E-state index in [1.807, 2.05) is 6.92 Å². The minimum absolute atomic E-state index is 0.0378. The highest BCUT2D eigenvalue weighted by molar-refractivity contribution is 5.81. The Bertz CT molecular complexity index is 289. The number of nitrogens with one attached hydrogen (secondary N) is 1. The Hall–Kier alpha value is -0.610. The van der Waals surface area contributed by atoms with Crippen molar-refractivity contribution >= 4 is 5.91 Å². The number of carbonyl (C=O) groups is 1. The monoisotopic (exact) mass is 253 g/mol. The summed E-state index contributed by atoms with van der Waals surface area (Å²) < 4.78 is 0. The normalized spacial score (nSPS) is 32.4. The van der Waals surface area contributed by atoms with Gasteiger partial charge in [-0.25, -0.2) is 0 Å². The molecule has 2 rings (SSSR count). The lowest BCUT2D eigenvalue weighted by Crippen LogP contribution is -2.55. The van der Waals surface area contributed by atoms with Crippen molar-refractivity contribution < 1.29 is 4.79 Å². The molecule has 0 aromatic heterocycles. The molecule has 0 aromatic rings. The molecule has 1 saturated carbocycles. The minimum Gasteiger partial charge on any atom is -0.352 e. The van der Waals surface area contributed by atoms with Crippen molar-refractivity contribution in [1.82, 2.24) is 10.2 Å². The minimum atomic E-state index is -0.0378. The van der Waals surface area contributed by atoms with E-state index in [9.17, 15) is 4.79 Å². The third kappa shape index (κ3) is 3.23. The molecule has 2 aliphatic rings. The Morgan fingerprint density at radius 3 is 2.61 bits per heavy atom. The van der Waals surface area contributed by atoms with Crippen LogP contribution in [0.1, 0.15) is 46.0 Å². The highest BCUT2D eigenvalue weighted by Gasteiger charge is 2.30. The van der Waals surface area contributed by atoms with Crippen molar-refractivity contribution in [3.05, 3.63) is 0 Å². The van der Waals surface area contributed by atoms with Crippen LogP contribution < -0.4 is 11.1 Å². The van der Waals surface area contributed by atoms with Gasteiger partial charge in [0.25, 0.3) is 0 Å². The smallest absolute Gasteiger partial charge is 0.237 e. The van der Waals surface area contributed by atoms with Gasteiger partial charge >= 0.3 is 0 Å². The van der Waals surface area contributed by atoms with Gasteiger partial charge in [0.15, 0.2) is 0 Å². The Labute approximate surface area is 110 Å². The predicted molar refractivity (Wildman–Crippen MR) is 73.2 cm³/mol. The molecule has 4 nitrogen and oxygen atoms in total. The number of likely N-dealkylation sites (tertiary alicyclic amines) is 1. The highest BCUT2D eigenvalue weighted by atomic mass is 16.2. The lowest BCUT2D eigenvalue weighted by molar-refractivity contribution is -0.127. The number of rotatable bonds is 3. The van der Waals surface area contributed by atoms with E-state index in [1.54, 1.807) is 0 Å². The molecule has 1 heterocycles. The molecule has 4 heteroatoms. The molecule has 3 N–H and O–H groups in total. The van der Waals surface area contributed by atoms with Gasteiger partial charge < -0.3 is 11.1 Å². The van der Waals surface area contributed by atoms with Gasteiger partial charge in [-0.3, -0.25) is 9.69 Å². The van der Waals surface area contributed by atoms with Crippen LogP contribution in [0.3, 0.4) is 0 Å². The van der Waals surface area contributed by atoms with Gasteiger partial charge in [0.05, 0.1) is 6.04 Å². The Morgan fingerprint density at radius 1 is 1.33 bits per heavy atom. The number of amides is 1. The molecule has 3 unspecified atom stereocenters. The number of piperidine rings is 1. The zero-order chi connectivity index (χ0) is 13.1. The van der Waals surface area contributed by atoms with Crippen molar-refractivity contribution in [2.45, 2.75) is 64.1 Å². The molecular formula is C14H27N3O. The van der Waals surface area contributed by atoms with E-state index in [0.717, 1.165) is 32.4 Å². The van der Waals surface area contributed by atoms with Crippen LogP contribution in [-0.2, 0) is 4.79 Å². The summed E-state index contributed by atoms with van der Waals surface area (Å²) in [4.78, 5) is 14.4. The molecule has 3 atom stereocenters. The van der Waals surface area contributed by atoms with Gasteiger partial charge in [0.1, 0.15) is 0 Å². The predicted octanol–water partition coefficient (Wildman–Crippen LogP) is 1.10. The zero-order valence-corrected chi connectivity index (χ0v) is 11.7. The average Bonchev–Trinajstić information content (AvgIpc) is 2.84. The van der Waals surface area contributed by atoms with Crippen LogP contribution in [0.4, 0.5) is 0 Å². The van der Waals surface area contributed by atoms with Gasteiger partial charge in [0, 0.05) is 18.6 Å². The first kappa shape index (κ1) is 13.8. The molecule has 0 bridgehead atoms. The second-order valence-corrected chi connectivity index (χ2v) is 6.09. The lowest BCUT2D eigenvalue weighted by Gasteiger charge is -2.38. The third-order valence-corrected chi connectivity index (χ3v) is 4.68. The Balaban J connectivity index is 1.82.